The number of hydrogen-bond donors (Lipinski definition) is 2. The van der Waals surface area contributed by atoms with E-state index in [-0.39, 0.29) is 17.7 Å². The van der Waals surface area contributed by atoms with Gasteiger partial charge < -0.3 is 10.6 Å². The van der Waals surface area contributed by atoms with E-state index in [1.807, 2.05) is 12.3 Å². The number of nitrogens with zero attached hydrogens (tertiary/aromatic N) is 2. The third-order valence-electron chi connectivity index (χ3n) is 5.40. The van der Waals surface area contributed by atoms with E-state index in [4.69, 9.17) is 0 Å². The van der Waals surface area contributed by atoms with Crippen molar-refractivity contribution in [2.75, 3.05) is 25.0 Å². The van der Waals surface area contributed by atoms with Crippen LogP contribution < -0.4 is 10.6 Å². The molecular weight excluding hydrogens is 348 g/mol. The Hall–Kier alpha value is -1.47. The van der Waals surface area contributed by atoms with Crippen molar-refractivity contribution >= 4 is 28.3 Å². The summed E-state index contributed by atoms with van der Waals surface area (Å²) in [6, 6.07) is 0.357. The van der Waals surface area contributed by atoms with Gasteiger partial charge in [0, 0.05) is 17.3 Å². The van der Waals surface area contributed by atoms with E-state index in [0.29, 0.717) is 17.7 Å². The zero-order valence-electron chi connectivity index (χ0n) is 15.6. The van der Waals surface area contributed by atoms with Gasteiger partial charge in [-0.1, -0.05) is 25.7 Å². The first-order chi connectivity index (χ1) is 12.6. The Bertz CT molecular complexity index is 602. The third-order valence-corrected chi connectivity index (χ3v) is 6.27. The van der Waals surface area contributed by atoms with E-state index < -0.39 is 0 Å². The molecule has 0 radical (unpaired) electrons. The van der Waals surface area contributed by atoms with E-state index in [1.54, 1.807) is 0 Å². The molecule has 2 fully saturated rings. The highest BCUT2D eigenvalue weighted by Crippen LogP contribution is 2.21. The van der Waals surface area contributed by atoms with Crippen molar-refractivity contribution in [3.8, 4) is 0 Å². The highest BCUT2D eigenvalue weighted by molar-refractivity contribution is 7.13. The molecule has 26 heavy (non-hydrogen) atoms. The number of aryl methyl sites for hydroxylation is 1. The molecule has 0 unspecified atom stereocenters. The molecule has 7 heteroatoms. The molecule has 0 atom stereocenters. The lowest BCUT2D eigenvalue weighted by molar-refractivity contribution is -0.124. The molecular formula is C19H30N4O2S. The largest absolute Gasteiger partial charge is 0.352 e. The molecule has 1 saturated heterocycles. The first kappa shape index (κ1) is 19.3. The van der Waals surface area contributed by atoms with Crippen LogP contribution in [-0.4, -0.2) is 47.4 Å². The van der Waals surface area contributed by atoms with Crippen LogP contribution in [-0.2, 0) is 9.59 Å². The van der Waals surface area contributed by atoms with Gasteiger partial charge in [0.15, 0.2) is 5.13 Å². The zero-order chi connectivity index (χ0) is 18.4. The fraction of sp³-hybridized carbons (Fsp3) is 0.737. The normalized spacial score (nSPS) is 20.5. The van der Waals surface area contributed by atoms with Gasteiger partial charge in [-0.2, -0.15) is 0 Å². The van der Waals surface area contributed by atoms with Gasteiger partial charge in [0.25, 0.3) is 0 Å². The van der Waals surface area contributed by atoms with E-state index in [9.17, 15) is 9.59 Å². The van der Waals surface area contributed by atoms with Crippen LogP contribution in [0.4, 0.5) is 5.13 Å². The van der Waals surface area contributed by atoms with Gasteiger partial charge >= 0.3 is 0 Å². The molecule has 3 rings (SSSR count). The second-order valence-electron chi connectivity index (χ2n) is 7.59. The molecule has 6 nitrogen and oxygen atoms in total. The van der Waals surface area contributed by atoms with Crippen molar-refractivity contribution in [3.05, 3.63) is 11.1 Å². The Kier molecular flexibility index (Phi) is 7.02. The molecule has 1 aromatic rings. The number of amides is 2. The van der Waals surface area contributed by atoms with E-state index in [0.717, 1.165) is 44.5 Å². The zero-order valence-corrected chi connectivity index (χ0v) is 16.4. The van der Waals surface area contributed by atoms with Crippen LogP contribution in [0, 0.1) is 12.8 Å². The first-order valence-electron chi connectivity index (χ1n) is 9.85. The van der Waals surface area contributed by atoms with Crippen molar-refractivity contribution in [3.63, 3.8) is 0 Å². The van der Waals surface area contributed by atoms with Gasteiger partial charge in [-0.25, -0.2) is 4.98 Å². The smallest absolute Gasteiger partial charge is 0.234 e. The summed E-state index contributed by atoms with van der Waals surface area (Å²) >= 11 is 1.46. The minimum Gasteiger partial charge on any atom is -0.352 e. The molecule has 0 aromatic carbocycles. The maximum Gasteiger partial charge on any atom is 0.234 e. The summed E-state index contributed by atoms with van der Waals surface area (Å²) in [5, 5.41) is 8.74. The van der Waals surface area contributed by atoms with Crippen molar-refractivity contribution in [2.24, 2.45) is 5.92 Å². The number of likely N-dealkylation sites (tertiary alicyclic amines) is 1. The SMILES string of the molecule is Cc1csc(NC(=O)C2CCN(CC(=O)NC3CCCCCC3)CC2)n1. The average Bonchev–Trinajstić information content (AvgIpc) is 2.86. The van der Waals surface area contributed by atoms with Crippen LogP contribution in [0.2, 0.25) is 0 Å². The fourth-order valence-electron chi connectivity index (χ4n) is 3.87. The lowest BCUT2D eigenvalue weighted by Gasteiger charge is -2.31. The van der Waals surface area contributed by atoms with Crippen molar-refractivity contribution < 1.29 is 9.59 Å². The molecule has 2 heterocycles. The number of nitrogens with one attached hydrogen (secondary N) is 2. The van der Waals surface area contributed by atoms with Crippen LogP contribution in [0.25, 0.3) is 0 Å². The van der Waals surface area contributed by atoms with Crippen molar-refractivity contribution in [1.82, 2.24) is 15.2 Å². The predicted octanol–water partition coefficient (Wildman–Crippen LogP) is 2.94. The Labute approximate surface area is 159 Å². The summed E-state index contributed by atoms with van der Waals surface area (Å²) in [6.45, 7) is 3.97. The molecule has 1 saturated carbocycles. The van der Waals surface area contributed by atoms with Crippen molar-refractivity contribution in [2.45, 2.75) is 64.3 Å². The Morgan fingerprint density at radius 2 is 1.85 bits per heavy atom. The number of anilines is 1. The minimum absolute atomic E-state index is 0.0142. The van der Waals surface area contributed by atoms with Gasteiger partial charge in [-0.05, 0) is 45.7 Å². The number of hydrogen-bond acceptors (Lipinski definition) is 5. The molecule has 1 aromatic heterocycles. The second kappa shape index (κ2) is 9.46. The number of thiazole rings is 1. The molecule has 1 aliphatic carbocycles. The van der Waals surface area contributed by atoms with Gasteiger partial charge in [-0.3, -0.25) is 14.5 Å². The molecule has 0 spiro atoms. The molecule has 1 aliphatic heterocycles. The molecule has 2 aliphatic rings. The summed E-state index contributed by atoms with van der Waals surface area (Å²) in [4.78, 5) is 31.1. The topological polar surface area (TPSA) is 74.3 Å². The number of piperidine rings is 1. The highest BCUT2D eigenvalue weighted by atomic mass is 32.1. The first-order valence-corrected chi connectivity index (χ1v) is 10.7. The van der Waals surface area contributed by atoms with Gasteiger partial charge in [0.05, 0.1) is 12.2 Å². The van der Waals surface area contributed by atoms with Crippen LogP contribution in [0.5, 0.6) is 0 Å². The highest BCUT2D eigenvalue weighted by Gasteiger charge is 2.27. The summed E-state index contributed by atoms with van der Waals surface area (Å²) < 4.78 is 0. The Morgan fingerprint density at radius 1 is 1.15 bits per heavy atom. The van der Waals surface area contributed by atoms with E-state index in [1.165, 1.54) is 37.0 Å². The molecule has 2 amide bonds. The minimum atomic E-state index is 0.0142. The number of carbonyl (C=O) groups excluding carboxylic acids is 2. The molecule has 144 valence electrons. The second-order valence-corrected chi connectivity index (χ2v) is 8.45. The molecule has 2 N–H and O–H groups in total. The summed E-state index contributed by atoms with van der Waals surface area (Å²) in [5.74, 6) is 0.209. The third kappa shape index (κ3) is 5.77. The maximum atomic E-state index is 12.4. The lowest BCUT2D eigenvalue weighted by atomic mass is 9.96. The number of aromatic nitrogens is 1. The fourth-order valence-corrected chi connectivity index (χ4v) is 4.56. The van der Waals surface area contributed by atoms with Crippen molar-refractivity contribution in [1.29, 1.82) is 0 Å². The number of carbonyl (C=O) groups is 2. The summed E-state index contributed by atoms with van der Waals surface area (Å²) in [6.07, 6.45) is 8.87. The number of rotatable bonds is 5. The quantitative estimate of drug-likeness (QED) is 0.773. The predicted molar refractivity (Wildman–Crippen MR) is 104 cm³/mol. The maximum absolute atomic E-state index is 12.4. The monoisotopic (exact) mass is 378 g/mol. The molecule has 0 bridgehead atoms. The Balaban J connectivity index is 1.37. The van der Waals surface area contributed by atoms with E-state index >= 15 is 0 Å². The summed E-state index contributed by atoms with van der Waals surface area (Å²) in [5.41, 5.74) is 0.930. The van der Waals surface area contributed by atoms with E-state index in [2.05, 4.69) is 20.5 Å². The average molecular weight is 379 g/mol. The van der Waals surface area contributed by atoms with Crippen LogP contribution in [0.15, 0.2) is 5.38 Å². The lowest BCUT2D eigenvalue weighted by Crippen LogP contribution is -2.45. The van der Waals surface area contributed by atoms with Gasteiger partial charge in [-0.15, -0.1) is 11.3 Å². The standard InChI is InChI=1S/C19H30N4O2S/c1-14-13-26-19(20-14)22-18(25)15-8-10-23(11-9-15)12-17(24)21-16-6-4-2-3-5-7-16/h13,15-16H,2-12H2,1H3,(H,21,24)(H,20,22,25). The van der Waals surface area contributed by atoms with Crippen LogP contribution in [0.1, 0.15) is 57.1 Å². The Morgan fingerprint density at radius 3 is 2.46 bits per heavy atom. The van der Waals surface area contributed by atoms with Crippen LogP contribution >= 0.6 is 11.3 Å². The van der Waals surface area contributed by atoms with Gasteiger partial charge in [0.2, 0.25) is 11.8 Å². The summed E-state index contributed by atoms with van der Waals surface area (Å²) in [7, 11) is 0. The van der Waals surface area contributed by atoms with Gasteiger partial charge in [0.1, 0.15) is 0 Å². The van der Waals surface area contributed by atoms with Crippen LogP contribution in [0.3, 0.4) is 0 Å².